The molecule has 2 saturated heterocycles. The van der Waals surface area contributed by atoms with Crippen LogP contribution in [0.5, 0.6) is 5.75 Å². The van der Waals surface area contributed by atoms with Crippen LogP contribution >= 0.6 is 0 Å². The van der Waals surface area contributed by atoms with Gasteiger partial charge in [-0.3, -0.25) is 9.59 Å². The molecule has 1 aromatic carbocycles. The van der Waals surface area contributed by atoms with Gasteiger partial charge in [0.1, 0.15) is 12.1 Å². The van der Waals surface area contributed by atoms with Gasteiger partial charge >= 0.3 is 0 Å². The lowest BCUT2D eigenvalue weighted by Gasteiger charge is -2.36. The fourth-order valence-corrected chi connectivity index (χ4v) is 4.48. The summed E-state index contributed by atoms with van der Waals surface area (Å²) in [6.45, 7) is 5.33. The molecule has 5 rings (SSSR count). The number of rotatable bonds is 5. The number of nitrogens with zero attached hydrogens (tertiary/aromatic N) is 8. The van der Waals surface area contributed by atoms with Crippen LogP contribution in [0.25, 0.3) is 11.2 Å². The van der Waals surface area contributed by atoms with E-state index in [1.165, 1.54) is 6.33 Å². The summed E-state index contributed by atoms with van der Waals surface area (Å²) < 4.78 is 7.09. The largest absolute Gasteiger partial charge is 0.494 e. The zero-order valence-electron chi connectivity index (χ0n) is 18.7. The summed E-state index contributed by atoms with van der Waals surface area (Å²) in [7, 11) is 1.79. The van der Waals surface area contributed by atoms with Gasteiger partial charge in [0.05, 0.1) is 12.5 Å². The zero-order chi connectivity index (χ0) is 22.9. The summed E-state index contributed by atoms with van der Waals surface area (Å²) in [6, 6.07) is 7.43. The van der Waals surface area contributed by atoms with Crippen LogP contribution in [-0.2, 0) is 16.6 Å². The normalized spacial score (nSPS) is 18.9. The SMILES string of the molecule is CCOc1ccc(N2CC(C(=O)N3CCN(c4ncnc5c4nnn5C)CC3)CC2=O)cc1. The Kier molecular flexibility index (Phi) is 5.53. The minimum absolute atomic E-state index is 0.0258. The number of fused-ring (bicyclic) bond motifs is 1. The van der Waals surface area contributed by atoms with E-state index < -0.39 is 0 Å². The van der Waals surface area contributed by atoms with Crippen LogP contribution in [-0.4, -0.2) is 81.0 Å². The predicted molar refractivity (Wildman–Crippen MR) is 121 cm³/mol. The number of benzene rings is 1. The Labute approximate surface area is 190 Å². The first-order valence-electron chi connectivity index (χ1n) is 11.1. The fourth-order valence-electron chi connectivity index (χ4n) is 4.48. The second kappa shape index (κ2) is 8.64. The number of hydrogen-bond donors (Lipinski definition) is 0. The van der Waals surface area contributed by atoms with Gasteiger partial charge in [-0.05, 0) is 31.2 Å². The Morgan fingerprint density at radius 1 is 1.12 bits per heavy atom. The molecule has 0 spiro atoms. The molecule has 0 N–H and O–H groups in total. The van der Waals surface area contributed by atoms with Crippen LogP contribution in [0.2, 0.25) is 0 Å². The van der Waals surface area contributed by atoms with Crippen LogP contribution in [0.4, 0.5) is 11.5 Å². The summed E-state index contributed by atoms with van der Waals surface area (Å²) in [5.74, 6) is 1.17. The third kappa shape index (κ3) is 3.94. The first-order valence-corrected chi connectivity index (χ1v) is 11.1. The molecule has 33 heavy (non-hydrogen) atoms. The van der Waals surface area contributed by atoms with Gasteiger partial charge in [0.15, 0.2) is 17.0 Å². The lowest BCUT2D eigenvalue weighted by molar-refractivity contribution is -0.136. The summed E-state index contributed by atoms with van der Waals surface area (Å²) in [5, 5.41) is 8.22. The highest BCUT2D eigenvalue weighted by molar-refractivity contribution is 6.00. The van der Waals surface area contributed by atoms with Gasteiger partial charge in [0.2, 0.25) is 11.8 Å². The highest BCUT2D eigenvalue weighted by Crippen LogP contribution is 2.29. The van der Waals surface area contributed by atoms with Gasteiger partial charge in [0.25, 0.3) is 0 Å². The average molecular weight is 451 g/mol. The molecule has 2 amide bonds. The van der Waals surface area contributed by atoms with E-state index in [4.69, 9.17) is 4.74 Å². The third-order valence-corrected chi connectivity index (χ3v) is 6.19. The van der Waals surface area contributed by atoms with Crippen molar-refractivity contribution in [3.05, 3.63) is 30.6 Å². The maximum Gasteiger partial charge on any atom is 0.228 e. The number of hydrogen-bond acceptors (Lipinski definition) is 8. The van der Waals surface area contributed by atoms with Gasteiger partial charge < -0.3 is 19.4 Å². The van der Waals surface area contributed by atoms with Gasteiger partial charge in [-0.1, -0.05) is 5.21 Å². The smallest absolute Gasteiger partial charge is 0.228 e. The van der Waals surface area contributed by atoms with Gasteiger partial charge in [-0.25, -0.2) is 14.6 Å². The Morgan fingerprint density at radius 3 is 2.61 bits per heavy atom. The molecule has 1 unspecified atom stereocenters. The number of carbonyl (C=O) groups is 2. The summed E-state index contributed by atoms with van der Waals surface area (Å²) in [5.41, 5.74) is 2.13. The van der Waals surface area contributed by atoms with E-state index in [0.717, 1.165) is 17.3 Å². The Morgan fingerprint density at radius 2 is 1.88 bits per heavy atom. The maximum absolute atomic E-state index is 13.2. The van der Waals surface area contributed by atoms with Crippen molar-refractivity contribution in [2.24, 2.45) is 13.0 Å². The number of aryl methyl sites for hydroxylation is 1. The van der Waals surface area contributed by atoms with Gasteiger partial charge in [-0.15, -0.1) is 5.10 Å². The van der Waals surface area contributed by atoms with Crippen LogP contribution in [0.1, 0.15) is 13.3 Å². The van der Waals surface area contributed by atoms with Crippen LogP contribution in [0.15, 0.2) is 30.6 Å². The lowest BCUT2D eigenvalue weighted by atomic mass is 10.1. The molecule has 11 heteroatoms. The maximum atomic E-state index is 13.2. The second-order valence-electron chi connectivity index (χ2n) is 8.23. The first-order chi connectivity index (χ1) is 16.0. The molecule has 11 nitrogen and oxygen atoms in total. The van der Waals surface area contributed by atoms with Gasteiger partial charge in [0, 0.05) is 51.9 Å². The lowest BCUT2D eigenvalue weighted by Crippen LogP contribution is -2.51. The summed E-state index contributed by atoms with van der Waals surface area (Å²) >= 11 is 0. The van der Waals surface area contributed by atoms with Crippen molar-refractivity contribution in [1.29, 1.82) is 0 Å². The molecule has 0 bridgehead atoms. The van der Waals surface area contributed by atoms with Crippen molar-refractivity contribution in [2.45, 2.75) is 13.3 Å². The van der Waals surface area contributed by atoms with Crippen LogP contribution in [0.3, 0.4) is 0 Å². The Hall–Kier alpha value is -3.76. The second-order valence-corrected chi connectivity index (χ2v) is 8.23. The molecular formula is C22H26N8O3. The van der Waals surface area contributed by atoms with Crippen LogP contribution < -0.4 is 14.5 Å². The first kappa shape index (κ1) is 21.1. The van der Waals surface area contributed by atoms with Crippen LogP contribution in [0, 0.1) is 5.92 Å². The minimum atomic E-state index is -0.332. The molecular weight excluding hydrogens is 424 g/mol. The van der Waals surface area contributed by atoms with Crippen molar-refractivity contribution in [3.63, 3.8) is 0 Å². The Bertz CT molecular complexity index is 1170. The van der Waals surface area contributed by atoms with E-state index >= 15 is 0 Å². The molecule has 2 fully saturated rings. The molecule has 2 aliphatic rings. The predicted octanol–water partition coefficient (Wildman–Crippen LogP) is 0.859. The molecule has 2 aliphatic heterocycles. The fraction of sp³-hybridized carbons (Fsp3) is 0.455. The number of anilines is 2. The summed E-state index contributed by atoms with van der Waals surface area (Å²) in [6.07, 6.45) is 1.75. The zero-order valence-corrected chi connectivity index (χ0v) is 18.7. The molecule has 3 aromatic rings. The molecule has 2 aromatic heterocycles. The molecule has 0 radical (unpaired) electrons. The molecule has 1 atom stereocenters. The highest BCUT2D eigenvalue weighted by atomic mass is 16.5. The van der Waals surface area contributed by atoms with E-state index in [-0.39, 0.29) is 24.2 Å². The van der Waals surface area contributed by atoms with E-state index in [9.17, 15) is 9.59 Å². The third-order valence-electron chi connectivity index (χ3n) is 6.19. The number of carbonyl (C=O) groups excluding carboxylic acids is 2. The van der Waals surface area contributed by atoms with Crippen molar-refractivity contribution < 1.29 is 14.3 Å². The van der Waals surface area contributed by atoms with Crippen molar-refractivity contribution >= 4 is 34.5 Å². The number of aromatic nitrogens is 5. The highest BCUT2D eigenvalue weighted by Gasteiger charge is 2.38. The quantitative estimate of drug-likeness (QED) is 0.563. The molecule has 4 heterocycles. The number of ether oxygens (including phenoxy) is 1. The Balaban J connectivity index is 1.22. The summed E-state index contributed by atoms with van der Waals surface area (Å²) in [4.78, 5) is 40.1. The molecule has 172 valence electrons. The number of amides is 2. The van der Waals surface area contributed by atoms with Crippen molar-refractivity contribution in [1.82, 2.24) is 29.9 Å². The van der Waals surface area contributed by atoms with E-state index in [0.29, 0.717) is 50.5 Å². The van der Waals surface area contributed by atoms with Crippen molar-refractivity contribution in [2.75, 3.05) is 49.1 Å². The molecule has 0 saturated carbocycles. The topological polar surface area (TPSA) is 110 Å². The minimum Gasteiger partial charge on any atom is -0.494 e. The monoisotopic (exact) mass is 450 g/mol. The average Bonchev–Trinajstić information content (AvgIpc) is 3.42. The van der Waals surface area contributed by atoms with E-state index in [2.05, 4.69) is 25.2 Å². The van der Waals surface area contributed by atoms with Gasteiger partial charge in [-0.2, -0.15) is 0 Å². The molecule has 0 aliphatic carbocycles. The number of piperazine rings is 1. The van der Waals surface area contributed by atoms with Crippen molar-refractivity contribution in [3.8, 4) is 5.75 Å². The van der Waals surface area contributed by atoms with E-state index in [1.807, 2.05) is 36.1 Å². The van der Waals surface area contributed by atoms with E-state index in [1.54, 1.807) is 16.6 Å². The standard InChI is InChI=1S/C22H26N8O3/c1-3-33-17-6-4-16(5-7-17)30-13-15(12-18(30)31)22(32)29-10-8-28(9-11-29)21-19-20(23-14-24-21)27(2)26-25-19/h4-7,14-15H,3,8-13H2,1-2H3.